The van der Waals surface area contributed by atoms with Crippen molar-refractivity contribution in [1.29, 1.82) is 0 Å². The van der Waals surface area contributed by atoms with Crippen LogP contribution in [-0.2, 0) is 14.3 Å². The first kappa shape index (κ1) is 16.0. The van der Waals surface area contributed by atoms with Crippen LogP contribution in [0.4, 0.5) is 0 Å². The summed E-state index contributed by atoms with van der Waals surface area (Å²) in [6.07, 6.45) is 3.00. The number of hydrogen-bond donors (Lipinski definition) is 1. The van der Waals surface area contributed by atoms with E-state index < -0.39 is 23.5 Å². The van der Waals surface area contributed by atoms with Crippen LogP contribution in [0.5, 0.6) is 0 Å². The average molecular weight is 276 g/mol. The van der Waals surface area contributed by atoms with Gasteiger partial charge in [-0.1, -0.05) is 24.3 Å². The van der Waals surface area contributed by atoms with Crippen LogP contribution in [0, 0.1) is 0 Å². The molecular weight excluding hydrogens is 256 g/mol. The Labute approximate surface area is 119 Å². The molecule has 20 heavy (non-hydrogen) atoms. The molecule has 1 atom stereocenters. The van der Waals surface area contributed by atoms with E-state index >= 15 is 0 Å². The van der Waals surface area contributed by atoms with Gasteiger partial charge in [0.25, 0.3) is 0 Å². The Morgan fingerprint density at radius 3 is 2.20 bits per heavy atom. The molecule has 0 bridgehead atoms. The molecule has 0 aliphatic heterocycles. The molecule has 0 radical (unpaired) electrons. The summed E-state index contributed by atoms with van der Waals surface area (Å²) in [5, 5.41) is 8.91. The number of esters is 1. The number of carboxylic acid groups (broad SMARTS) is 1. The van der Waals surface area contributed by atoms with Gasteiger partial charge in [-0.05, 0) is 44.9 Å². The van der Waals surface area contributed by atoms with E-state index in [1.54, 1.807) is 58.0 Å². The second kappa shape index (κ2) is 6.37. The fraction of sp³-hybridized carbons (Fsp3) is 0.375. The summed E-state index contributed by atoms with van der Waals surface area (Å²) in [6.45, 7) is 7.05. The van der Waals surface area contributed by atoms with Crippen LogP contribution in [0.2, 0.25) is 0 Å². The number of aliphatic carboxylic acids is 1. The van der Waals surface area contributed by atoms with E-state index in [1.807, 2.05) is 0 Å². The quantitative estimate of drug-likeness (QED) is 0.677. The van der Waals surface area contributed by atoms with Gasteiger partial charge in [-0.15, -0.1) is 0 Å². The normalized spacial score (nSPS) is 13.2. The van der Waals surface area contributed by atoms with Crippen LogP contribution in [0.25, 0.3) is 6.08 Å². The maximum Gasteiger partial charge on any atom is 0.331 e. The van der Waals surface area contributed by atoms with Crippen molar-refractivity contribution in [3.05, 3.63) is 41.5 Å². The number of carboxylic acids is 1. The molecule has 0 aromatic heterocycles. The number of carbonyl (C=O) groups is 2. The number of carbonyl (C=O) groups excluding carboxylic acids is 1. The molecule has 0 fully saturated rings. The highest BCUT2D eigenvalue weighted by Gasteiger charge is 2.14. The molecule has 0 aliphatic carbocycles. The van der Waals surface area contributed by atoms with Gasteiger partial charge < -0.3 is 9.84 Å². The minimum Gasteiger partial charge on any atom is -0.481 e. The molecule has 0 amide bonds. The van der Waals surface area contributed by atoms with E-state index in [0.29, 0.717) is 0 Å². The standard InChI is InChI=1S/C16H20O4/c1-11(15(18)19)13-8-5-12(6-9-13)7-10-14(17)20-16(2,3)4/h5-11H,1-4H3,(H,18,19)/t11-/m1/s1. The average Bonchev–Trinajstić information content (AvgIpc) is 2.34. The summed E-state index contributed by atoms with van der Waals surface area (Å²) >= 11 is 0. The molecule has 4 nitrogen and oxygen atoms in total. The molecule has 0 aliphatic rings. The highest BCUT2D eigenvalue weighted by atomic mass is 16.6. The summed E-state index contributed by atoms with van der Waals surface area (Å²) in [5.74, 6) is -1.80. The predicted molar refractivity (Wildman–Crippen MR) is 77.4 cm³/mol. The molecule has 4 heteroatoms. The first-order valence-electron chi connectivity index (χ1n) is 6.43. The van der Waals surface area contributed by atoms with Crippen molar-refractivity contribution >= 4 is 18.0 Å². The van der Waals surface area contributed by atoms with Gasteiger partial charge in [0.2, 0.25) is 0 Å². The maximum atomic E-state index is 11.5. The van der Waals surface area contributed by atoms with Crippen LogP contribution in [0.15, 0.2) is 30.3 Å². The third-order valence-corrected chi connectivity index (χ3v) is 2.63. The van der Waals surface area contributed by atoms with Crippen molar-refractivity contribution < 1.29 is 19.4 Å². The van der Waals surface area contributed by atoms with Crippen molar-refractivity contribution in [1.82, 2.24) is 0 Å². The van der Waals surface area contributed by atoms with Gasteiger partial charge in [0.15, 0.2) is 0 Å². The number of ether oxygens (including phenoxy) is 1. The van der Waals surface area contributed by atoms with Crippen molar-refractivity contribution in [3.8, 4) is 0 Å². The fourth-order valence-electron chi connectivity index (χ4n) is 1.54. The van der Waals surface area contributed by atoms with Crippen LogP contribution < -0.4 is 0 Å². The van der Waals surface area contributed by atoms with Crippen LogP contribution >= 0.6 is 0 Å². The van der Waals surface area contributed by atoms with E-state index in [2.05, 4.69) is 0 Å². The highest BCUT2D eigenvalue weighted by Crippen LogP contribution is 2.16. The Hall–Kier alpha value is -2.10. The first-order chi connectivity index (χ1) is 9.19. The molecule has 1 rings (SSSR count). The lowest BCUT2D eigenvalue weighted by atomic mass is 10.00. The zero-order chi connectivity index (χ0) is 15.3. The monoisotopic (exact) mass is 276 g/mol. The van der Waals surface area contributed by atoms with E-state index in [9.17, 15) is 9.59 Å². The lowest BCUT2D eigenvalue weighted by Crippen LogP contribution is -2.22. The van der Waals surface area contributed by atoms with Crippen molar-refractivity contribution in [2.75, 3.05) is 0 Å². The summed E-state index contributed by atoms with van der Waals surface area (Å²) in [4.78, 5) is 22.4. The third kappa shape index (κ3) is 5.26. The summed E-state index contributed by atoms with van der Waals surface area (Å²) in [6, 6.07) is 7.03. The number of rotatable bonds is 4. The molecule has 1 aromatic carbocycles. The minimum atomic E-state index is -0.859. The van der Waals surface area contributed by atoms with E-state index in [4.69, 9.17) is 9.84 Å². The highest BCUT2D eigenvalue weighted by molar-refractivity contribution is 5.87. The van der Waals surface area contributed by atoms with Gasteiger partial charge in [-0.3, -0.25) is 4.79 Å². The van der Waals surface area contributed by atoms with Crippen LogP contribution in [0.3, 0.4) is 0 Å². The topological polar surface area (TPSA) is 63.6 Å². The second-order valence-electron chi connectivity index (χ2n) is 5.59. The summed E-state index contributed by atoms with van der Waals surface area (Å²) < 4.78 is 5.15. The Bertz CT molecular complexity index is 506. The van der Waals surface area contributed by atoms with Gasteiger partial charge in [0.1, 0.15) is 5.60 Å². The Morgan fingerprint density at radius 2 is 1.75 bits per heavy atom. The number of hydrogen-bond acceptors (Lipinski definition) is 3. The Balaban J connectivity index is 2.71. The van der Waals surface area contributed by atoms with E-state index in [1.165, 1.54) is 6.08 Å². The fourth-order valence-corrected chi connectivity index (χ4v) is 1.54. The largest absolute Gasteiger partial charge is 0.481 e. The molecule has 1 N–H and O–H groups in total. The van der Waals surface area contributed by atoms with Gasteiger partial charge in [0.05, 0.1) is 5.92 Å². The molecule has 0 heterocycles. The van der Waals surface area contributed by atoms with Crippen molar-refractivity contribution in [2.45, 2.75) is 39.2 Å². The minimum absolute atomic E-state index is 0.402. The Kier molecular flexibility index (Phi) is 5.08. The van der Waals surface area contributed by atoms with Crippen molar-refractivity contribution in [2.24, 2.45) is 0 Å². The molecule has 0 saturated heterocycles. The van der Waals surface area contributed by atoms with Gasteiger partial charge in [0, 0.05) is 6.08 Å². The van der Waals surface area contributed by atoms with Gasteiger partial charge >= 0.3 is 11.9 Å². The zero-order valence-electron chi connectivity index (χ0n) is 12.2. The SMILES string of the molecule is C[C@@H](C(=O)O)c1ccc(C=CC(=O)OC(C)(C)C)cc1. The molecule has 1 aromatic rings. The maximum absolute atomic E-state index is 11.5. The number of benzene rings is 1. The predicted octanol–water partition coefficient (Wildman–Crippen LogP) is 3.23. The molecule has 0 unspecified atom stereocenters. The molecular formula is C16H20O4. The van der Waals surface area contributed by atoms with Crippen molar-refractivity contribution in [3.63, 3.8) is 0 Å². The van der Waals surface area contributed by atoms with Gasteiger partial charge in [-0.2, -0.15) is 0 Å². The lowest BCUT2D eigenvalue weighted by molar-refractivity contribution is -0.148. The van der Waals surface area contributed by atoms with E-state index in [0.717, 1.165) is 11.1 Å². The summed E-state index contributed by atoms with van der Waals surface area (Å²) in [5.41, 5.74) is 1.03. The first-order valence-corrected chi connectivity index (χ1v) is 6.43. The second-order valence-corrected chi connectivity index (χ2v) is 5.59. The van der Waals surface area contributed by atoms with E-state index in [-0.39, 0.29) is 0 Å². The van der Waals surface area contributed by atoms with Crippen LogP contribution in [-0.4, -0.2) is 22.6 Å². The van der Waals surface area contributed by atoms with Crippen LogP contribution in [0.1, 0.15) is 44.7 Å². The zero-order valence-corrected chi connectivity index (χ0v) is 12.2. The molecule has 0 saturated carbocycles. The molecule has 0 spiro atoms. The lowest BCUT2D eigenvalue weighted by Gasteiger charge is -2.17. The third-order valence-electron chi connectivity index (χ3n) is 2.63. The summed E-state index contributed by atoms with van der Waals surface area (Å²) in [7, 11) is 0. The molecule has 108 valence electrons. The van der Waals surface area contributed by atoms with Gasteiger partial charge in [-0.25, -0.2) is 4.79 Å². The Morgan fingerprint density at radius 1 is 1.20 bits per heavy atom. The smallest absolute Gasteiger partial charge is 0.331 e.